The minimum atomic E-state index is -1.05. The van der Waals surface area contributed by atoms with Crippen LogP contribution in [0.3, 0.4) is 0 Å². The highest BCUT2D eigenvalue weighted by Gasteiger charge is 2.14. The molecular weight excluding hydrogens is 292 g/mol. The lowest BCUT2D eigenvalue weighted by Gasteiger charge is -2.09. The smallest absolute Gasteiger partial charge is 0.309 e. The maximum Gasteiger partial charge on any atom is 0.309 e. The molecule has 0 radical (unpaired) electrons. The van der Waals surface area contributed by atoms with Crippen molar-refractivity contribution < 1.29 is 14.3 Å². The molecule has 0 spiro atoms. The molecule has 2 aromatic rings. The first-order valence-electron chi connectivity index (χ1n) is 5.29. The summed E-state index contributed by atoms with van der Waals surface area (Å²) in [6.07, 6.45) is 0.667. The Kier molecular flexibility index (Phi) is 4.02. The number of halogens is 3. The maximum atomic E-state index is 13.3. The number of nitrogens with zero attached hydrogens (tertiary/aromatic N) is 1. The minimum absolute atomic E-state index is 0.248. The topological polar surface area (TPSA) is 50.2 Å². The van der Waals surface area contributed by atoms with Crippen LogP contribution in [0.2, 0.25) is 10.0 Å². The van der Waals surface area contributed by atoms with Gasteiger partial charge in [0.05, 0.1) is 18.3 Å². The number of benzene rings is 1. The van der Waals surface area contributed by atoms with Crippen molar-refractivity contribution in [2.75, 3.05) is 0 Å². The lowest BCUT2D eigenvalue weighted by atomic mass is 10.0. The van der Waals surface area contributed by atoms with Gasteiger partial charge >= 0.3 is 5.97 Å². The van der Waals surface area contributed by atoms with Gasteiger partial charge in [0, 0.05) is 21.2 Å². The molecule has 1 heterocycles. The molecule has 0 amide bonds. The maximum absolute atomic E-state index is 13.3. The van der Waals surface area contributed by atoms with Gasteiger partial charge in [0.1, 0.15) is 5.82 Å². The average Bonchev–Trinajstić information content (AvgIpc) is 2.31. The molecule has 3 nitrogen and oxygen atoms in total. The summed E-state index contributed by atoms with van der Waals surface area (Å²) >= 11 is 11.8. The second-order valence-electron chi connectivity index (χ2n) is 3.84. The second-order valence-corrected chi connectivity index (χ2v) is 4.69. The highest BCUT2D eigenvalue weighted by molar-refractivity contribution is 6.36. The van der Waals surface area contributed by atoms with Gasteiger partial charge in [-0.15, -0.1) is 0 Å². The first-order valence-corrected chi connectivity index (χ1v) is 6.04. The van der Waals surface area contributed by atoms with E-state index in [0.717, 1.165) is 6.20 Å². The molecule has 0 aliphatic heterocycles. The zero-order chi connectivity index (χ0) is 14.0. The van der Waals surface area contributed by atoms with Gasteiger partial charge in [0.2, 0.25) is 0 Å². The number of rotatable bonds is 3. The summed E-state index contributed by atoms with van der Waals surface area (Å²) in [5.41, 5.74) is 1.09. The van der Waals surface area contributed by atoms with Gasteiger partial charge in [-0.05, 0) is 18.2 Å². The van der Waals surface area contributed by atoms with Crippen LogP contribution < -0.4 is 0 Å². The monoisotopic (exact) mass is 299 g/mol. The molecule has 0 aliphatic carbocycles. The molecule has 0 fully saturated rings. The van der Waals surface area contributed by atoms with Crippen molar-refractivity contribution in [3.8, 4) is 11.1 Å². The second kappa shape index (κ2) is 5.55. The number of hydrogen-bond acceptors (Lipinski definition) is 2. The Hall–Kier alpha value is -1.65. The summed E-state index contributed by atoms with van der Waals surface area (Å²) < 4.78 is 13.3. The van der Waals surface area contributed by atoms with Crippen molar-refractivity contribution in [1.82, 2.24) is 4.98 Å². The zero-order valence-electron chi connectivity index (χ0n) is 9.53. The molecule has 2 rings (SSSR count). The summed E-state index contributed by atoms with van der Waals surface area (Å²) in [5, 5.41) is 9.59. The number of carbonyl (C=O) groups is 1. The minimum Gasteiger partial charge on any atom is -0.481 e. The van der Waals surface area contributed by atoms with Crippen LogP contribution in [-0.2, 0) is 11.2 Å². The lowest BCUT2D eigenvalue weighted by Crippen LogP contribution is -2.05. The Balaban J connectivity index is 2.59. The Bertz CT molecular complexity index is 647. The van der Waals surface area contributed by atoms with Crippen molar-refractivity contribution in [2.24, 2.45) is 0 Å². The van der Waals surface area contributed by atoms with Gasteiger partial charge < -0.3 is 5.11 Å². The van der Waals surface area contributed by atoms with Gasteiger partial charge in [0.15, 0.2) is 0 Å². The molecule has 1 N–H and O–H groups in total. The van der Waals surface area contributed by atoms with E-state index in [1.54, 1.807) is 12.1 Å². The summed E-state index contributed by atoms with van der Waals surface area (Å²) in [5.74, 6) is -1.61. The van der Waals surface area contributed by atoms with Gasteiger partial charge in [-0.3, -0.25) is 9.78 Å². The summed E-state index contributed by atoms with van der Waals surface area (Å²) in [7, 11) is 0. The van der Waals surface area contributed by atoms with E-state index in [4.69, 9.17) is 28.3 Å². The molecule has 98 valence electrons. The number of aliphatic carboxylic acids is 1. The molecule has 6 heteroatoms. The Morgan fingerprint density at radius 3 is 2.63 bits per heavy atom. The van der Waals surface area contributed by atoms with Crippen molar-refractivity contribution in [3.05, 3.63) is 52.0 Å². The zero-order valence-corrected chi connectivity index (χ0v) is 11.0. The van der Waals surface area contributed by atoms with E-state index in [1.807, 2.05) is 0 Å². The van der Waals surface area contributed by atoms with E-state index in [2.05, 4.69) is 4.98 Å². The van der Waals surface area contributed by atoms with Crippen LogP contribution in [-0.4, -0.2) is 16.1 Å². The molecule has 0 atom stereocenters. The predicted octanol–water partition coefficient (Wildman–Crippen LogP) is 3.82. The molecule has 0 bridgehead atoms. The van der Waals surface area contributed by atoms with Crippen LogP contribution >= 0.6 is 23.2 Å². The number of aromatic nitrogens is 1. The summed E-state index contributed by atoms with van der Waals surface area (Å²) in [6.45, 7) is 0. The quantitative estimate of drug-likeness (QED) is 0.937. The first kappa shape index (κ1) is 13.8. The Labute approximate surface area is 118 Å². The van der Waals surface area contributed by atoms with Crippen molar-refractivity contribution in [3.63, 3.8) is 0 Å². The molecule has 0 aliphatic rings. The number of carboxylic acids is 1. The molecule has 0 saturated carbocycles. The summed E-state index contributed by atoms with van der Waals surface area (Å²) in [4.78, 5) is 14.6. The Morgan fingerprint density at radius 1 is 1.26 bits per heavy atom. The van der Waals surface area contributed by atoms with Crippen LogP contribution in [0.5, 0.6) is 0 Å². The number of pyridine rings is 1. The fourth-order valence-electron chi connectivity index (χ4n) is 1.69. The Morgan fingerprint density at radius 2 is 2.00 bits per heavy atom. The fraction of sp³-hybridized carbons (Fsp3) is 0.0769. The van der Waals surface area contributed by atoms with E-state index in [-0.39, 0.29) is 12.1 Å². The molecule has 0 saturated heterocycles. The van der Waals surface area contributed by atoms with Gasteiger partial charge in [-0.2, -0.15) is 0 Å². The van der Waals surface area contributed by atoms with Gasteiger partial charge in [-0.1, -0.05) is 29.3 Å². The van der Waals surface area contributed by atoms with Crippen molar-refractivity contribution in [2.45, 2.75) is 6.42 Å². The average molecular weight is 300 g/mol. The third-order valence-corrected chi connectivity index (χ3v) is 3.02. The van der Waals surface area contributed by atoms with Crippen LogP contribution in [0.15, 0.2) is 30.5 Å². The highest BCUT2D eigenvalue weighted by atomic mass is 35.5. The van der Waals surface area contributed by atoms with Gasteiger partial charge in [-0.25, -0.2) is 4.39 Å². The molecule has 1 aromatic carbocycles. The third-order valence-electron chi connectivity index (χ3n) is 2.48. The van der Waals surface area contributed by atoms with Crippen LogP contribution in [0, 0.1) is 5.82 Å². The first-order chi connectivity index (χ1) is 8.97. The molecule has 1 aromatic heterocycles. The molecular formula is C13H8Cl2FNO2. The molecule has 19 heavy (non-hydrogen) atoms. The van der Waals surface area contributed by atoms with E-state index < -0.39 is 11.8 Å². The van der Waals surface area contributed by atoms with E-state index in [0.29, 0.717) is 21.2 Å². The normalized spacial score (nSPS) is 10.5. The summed E-state index contributed by atoms with van der Waals surface area (Å²) in [6, 6.07) is 5.92. The van der Waals surface area contributed by atoms with E-state index in [9.17, 15) is 9.18 Å². The van der Waals surface area contributed by atoms with Crippen LogP contribution in [0.25, 0.3) is 11.1 Å². The predicted molar refractivity (Wildman–Crippen MR) is 71.0 cm³/mol. The van der Waals surface area contributed by atoms with Crippen molar-refractivity contribution in [1.29, 1.82) is 0 Å². The lowest BCUT2D eigenvalue weighted by molar-refractivity contribution is -0.136. The largest absolute Gasteiger partial charge is 0.481 e. The van der Waals surface area contributed by atoms with E-state index in [1.165, 1.54) is 12.1 Å². The number of carboxylic acid groups (broad SMARTS) is 1. The fourth-order valence-corrected chi connectivity index (χ4v) is 2.20. The van der Waals surface area contributed by atoms with Crippen LogP contribution in [0.4, 0.5) is 4.39 Å². The standard InChI is InChI=1S/C13H8Cl2FNO2/c14-7-1-2-9(11(15)3-7)10-4-8(16)6-17-12(10)5-13(18)19/h1-4,6H,5H2,(H,18,19). The van der Waals surface area contributed by atoms with Crippen LogP contribution in [0.1, 0.15) is 5.69 Å². The van der Waals surface area contributed by atoms with Crippen molar-refractivity contribution >= 4 is 29.2 Å². The van der Waals surface area contributed by atoms with Gasteiger partial charge in [0.25, 0.3) is 0 Å². The third kappa shape index (κ3) is 3.22. The number of hydrogen-bond donors (Lipinski definition) is 1. The SMILES string of the molecule is O=C(O)Cc1ncc(F)cc1-c1ccc(Cl)cc1Cl. The van der Waals surface area contributed by atoms with E-state index >= 15 is 0 Å². The molecule has 0 unspecified atom stereocenters. The highest BCUT2D eigenvalue weighted by Crippen LogP contribution is 2.32.